The zero-order valence-electron chi connectivity index (χ0n) is 10.8. The van der Waals surface area contributed by atoms with Gasteiger partial charge in [-0.1, -0.05) is 25.1 Å². The van der Waals surface area contributed by atoms with Crippen molar-refractivity contribution in [3.05, 3.63) is 29.8 Å². The number of hydrogen-bond donors (Lipinski definition) is 1. The number of anilines is 1. The van der Waals surface area contributed by atoms with Crippen molar-refractivity contribution in [1.82, 2.24) is 0 Å². The molecule has 1 fully saturated rings. The van der Waals surface area contributed by atoms with Crippen LogP contribution in [0, 0.1) is 11.8 Å². The smallest absolute Gasteiger partial charge is 0.224 e. The molecule has 0 saturated heterocycles. The third-order valence-corrected chi connectivity index (χ3v) is 4.29. The Kier molecular flexibility index (Phi) is 2.67. The largest absolute Gasteiger partial charge is 0.388 e. The van der Waals surface area contributed by atoms with Crippen LogP contribution in [0.4, 0.5) is 5.69 Å². The van der Waals surface area contributed by atoms with Gasteiger partial charge in [-0.2, -0.15) is 0 Å². The molecule has 1 amide bonds. The number of rotatable bonds is 1. The van der Waals surface area contributed by atoms with E-state index in [4.69, 9.17) is 0 Å². The van der Waals surface area contributed by atoms with Gasteiger partial charge in [-0.05, 0) is 24.8 Å². The molecule has 1 aliphatic carbocycles. The summed E-state index contributed by atoms with van der Waals surface area (Å²) in [5, 5.41) is 10.4. The van der Waals surface area contributed by atoms with Crippen LogP contribution in [0.25, 0.3) is 0 Å². The minimum atomic E-state index is -0.456. The topological polar surface area (TPSA) is 40.5 Å². The standard InChI is InChI=1S/C15H19NO2/c1-9-14(11-7-8-11)16(10(2)17)13-6-4-3-5-12(13)15(9)18/h3-6,9,11,14-15,18H,7-8H2,1-2H3/t9-,14+,15-/m0/s1. The minimum absolute atomic E-state index is 0.0816. The van der Waals surface area contributed by atoms with E-state index in [1.807, 2.05) is 29.2 Å². The van der Waals surface area contributed by atoms with Crippen LogP contribution in [-0.2, 0) is 4.79 Å². The number of hydrogen-bond acceptors (Lipinski definition) is 2. The summed E-state index contributed by atoms with van der Waals surface area (Å²) in [7, 11) is 0. The van der Waals surface area contributed by atoms with Gasteiger partial charge in [0.2, 0.25) is 5.91 Å². The maximum absolute atomic E-state index is 12.0. The molecule has 1 aromatic rings. The van der Waals surface area contributed by atoms with E-state index >= 15 is 0 Å². The Morgan fingerprint density at radius 1 is 1.33 bits per heavy atom. The molecule has 3 nitrogen and oxygen atoms in total. The third-order valence-electron chi connectivity index (χ3n) is 4.29. The van der Waals surface area contributed by atoms with Crippen LogP contribution in [0.3, 0.4) is 0 Å². The van der Waals surface area contributed by atoms with Gasteiger partial charge in [-0.25, -0.2) is 0 Å². The van der Waals surface area contributed by atoms with E-state index in [1.54, 1.807) is 6.92 Å². The van der Waals surface area contributed by atoms with Crippen molar-refractivity contribution in [2.24, 2.45) is 11.8 Å². The molecule has 0 aromatic heterocycles. The van der Waals surface area contributed by atoms with Crippen LogP contribution in [0.2, 0.25) is 0 Å². The Morgan fingerprint density at radius 3 is 2.61 bits per heavy atom. The van der Waals surface area contributed by atoms with Gasteiger partial charge in [0.25, 0.3) is 0 Å². The quantitative estimate of drug-likeness (QED) is 0.825. The summed E-state index contributed by atoms with van der Waals surface area (Å²) in [5.41, 5.74) is 1.78. The lowest BCUT2D eigenvalue weighted by Gasteiger charge is -2.43. The van der Waals surface area contributed by atoms with E-state index in [0.29, 0.717) is 5.92 Å². The third kappa shape index (κ3) is 1.65. The van der Waals surface area contributed by atoms with E-state index < -0.39 is 6.10 Å². The number of carbonyl (C=O) groups is 1. The van der Waals surface area contributed by atoms with Gasteiger partial charge >= 0.3 is 0 Å². The van der Waals surface area contributed by atoms with E-state index in [0.717, 1.165) is 11.3 Å². The second kappa shape index (κ2) is 4.09. The predicted molar refractivity (Wildman–Crippen MR) is 70.2 cm³/mol. The van der Waals surface area contributed by atoms with Crippen LogP contribution < -0.4 is 4.90 Å². The Balaban J connectivity index is 2.11. The summed E-state index contributed by atoms with van der Waals surface area (Å²) in [4.78, 5) is 13.9. The van der Waals surface area contributed by atoms with Gasteiger partial charge in [0.1, 0.15) is 0 Å². The van der Waals surface area contributed by atoms with Crippen LogP contribution in [-0.4, -0.2) is 17.1 Å². The van der Waals surface area contributed by atoms with Crippen LogP contribution in [0.5, 0.6) is 0 Å². The number of benzene rings is 1. The van der Waals surface area contributed by atoms with E-state index in [2.05, 4.69) is 6.92 Å². The molecule has 1 saturated carbocycles. The summed E-state index contributed by atoms with van der Waals surface area (Å²) in [6, 6.07) is 7.88. The molecule has 0 radical (unpaired) electrons. The molecule has 1 N–H and O–H groups in total. The van der Waals surface area contributed by atoms with Crippen LogP contribution in [0.1, 0.15) is 38.4 Å². The number of aliphatic hydroxyl groups excluding tert-OH is 1. The Bertz CT molecular complexity index is 481. The van der Waals surface area contributed by atoms with Crippen molar-refractivity contribution in [3.63, 3.8) is 0 Å². The van der Waals surface area contributed by atoms with Crippen LogP contribution in [0.15, 0.2) is 24.3 Å². The van der Waals surface area contributed by atoms with Gasteiger partial charge in [-0.3, -0.25) is 4.79 Å². The first-order valence-corrected chi connectivity index (χ1v) is 6.68. The van der Waals surface area contributed by atoms with E-state index in [1.165, 1.54) is 12.8 Å². The average molecular weight is 245 g/mol. The molecule has 3 heteroatoms. The molecule has 96 valence electrons. The van der Waals surface area contributed by atoms with Gasteiger partial charge in [0, 0.05) is 30.1 Å². The highest BCUT2D eigenvalue weighted by atomic mass is 16.3. The Labute approximate surface area is 107 Å². The number of carbonyl (C=O) groups excluding carboxylic acids is 1. The molecule has 0 bridgehead atoms. The van der Waals surface area contributed by atoms with Crippen LogP contribution >= 0.6 is 0 Å². The molecule has 18 heavy (non-hydrogen) atoms. The van der Waals surface area contributed by atoms with Crippen molar-refractivity contribution in [1.29, 1.82) is 0 Å². The first kappa shape index (κ1) is 11.7. The maximum Gasteiger partial charge on any atom is 0.224 e. The summed E-state index contributed by atoms with van der Waals surface area (Å²) in [5.74, 6) is 0.751. The highest BCUT2D eigenvalue weighted by Gasteiger charge is 2.46. The first-order valence-electron chi connectivity index (χ1n) is 6.68. The van der Waals surface area contributed by atoms with Crippen molar-refractivity contribution in [3.8, 4) is 0 Å². The number of fused-ring (bicyclic) bond motifs is 1. The lowest BCUT2D eigenvalue weighted by atomic mass is 9.82. The second-order valence-electron chi connectivity index (χ2n) is 5.58. The summed E-state index contributed by atoms with van der Waals surface area (Å²) < 4.78 is 0. The SMILES string of the molecule is CC(=O)N1c2ccccc2[C@@H](O)[C@@H](C)[C@@H]1C1CC1. The predicted octanol–water partition coefficient (Wildman–Crippen LogP) is 2.50. The number of amides is 1. The number of nitrogens with zero attached hydrogens (tertiary/aromatic N) is 1. The Hall–Kier alpha value is -1.35. The van der Waals surface area contributed by atoms with E-state index in [-0.39, 0.29) is 17.9 Å². The lowest BCUT2D eigenvalue weighted by Crippen LogP contribution is -2.49. The number of aliphatic hydroxyl groups is 1. The lowest BCUT2D eigenvalue weighted by molar-refractivity contribution is -0.117. The molecule has 1 aromatic carbocycles. The first-order chi connectivity index (χ1) is 8.61. The van der Waals surface area contributed by atoms with Gasteiger partial charge in [0.15, 0.2) is 0 Å². The molecule has 1 heterocycles. The normalized spacial score (nSPS) is 31.1. The van der Waals surface area contributed by atoms with Crippen molar-refractivity contribution in [2.45, 2.75) is 38.8 Å². The van der Waals surface area contributed by atoms with Crippen molar-refractivity contribution < 1.29 is 9.90 Å². The zero-order chi connectivity index (χ0) is 12.9. The fraction of sp³-hybridized carbons (Fsp3) is 0.533. The van der Waals surface area contributed by atoms with Crippen molar-refractivity contribution in [2.75, 3.05) is 4.90 Å². The zero-order valence-corrected chi connectivity index (χ0v) is 10.8. The highest BCUT2D eigenvalue weighted by molar-refractivity contribution is 5.93. The number of para-hydroxylation sites is 1. The van der Waals surface area contributed by atoms with Gasteiger partial charge in [0.05, 0.1) is 6.10 Å². The summed E-state index contributed by atoms with van der Waals surface area (Å²) in [6.45, 7) is 3.68. The molecular formula is C15H19NO2. The fourth-order valence-corrected chi connectivity index (χ4v) is 3.28. The highest BCUT2D eigenvalue weighted by Crippen LogP contribution is 2.48. The van der Waals surface area contributed by atoms with Gasteiger partial charge < -0.3 is 10.0 Å². The molecule has 3 atom stereocenters. The summed E-state index contributed by atoms with van der Waals surface area (Å²) in [6.07, 6.45) is 1.89. The molecule has 3 rings (SSSR count). The second-order valence-corrected chi connectivity index (χ2v) is 5.58. The van der Waals surface area contributed by atoms with E-state index in [9.17, 15) is 9.90 Å². The molecule has 2 aliphatic rings. The van der Waals surface area contributed by atoms with Crippen molar-refractivity contribution >= 4 is 11.6 Å². The molecule has 1 aliphatic heterocycles. The molecule has 0 spiro atoms. The average Bonchev–Trinajstić information content (AvgIpc) is 3.17. The fourth-order valence-electron chi connectivity index (χ4n) is 3.28. The monoisotopic (exact) mass is 245 g/mol. The maximum atomic E-state index is 12.0. The molecular weight excluding hydrogens is 226 g/mol. The Morgan fingerprint density at radius 2 is 2.00 bits per heavy atom. The summed E-state index contributed by atoms with van der Waals surface area (Å²) >= 11 is 0. The molecule has 0 unspecified atom stereocenters. The van der Waals surface area contributed by atoms with Gasteiger partial charge in [-0.15, -0.1) is 0 Å². The minimum Gasteiger partial charge on any atom is -0.388 e.